The maximum Gasteiger partial charge on any atom is 0.343 e. The van der Waals surface area contributed by atoms with Crippen molar-refractivity contribution >= 4 is 17.4 Å². The lowest BCUT2D eigenvalue weighted by Crippen LogP contribution is -2.25. The maximum absolute atomic E-state index is 12.8. The fourth-order valence-electron chi connectivity index (χ4n) is 5.19. The number of rotatable bonds is 8. The Kier molecular flexibility index (Phi) is 6.72. The van der Waals surface area contributed by atoms with Gasteiger partial charge in [0.1, 0.15) is 23.3 Å². The summed E-state index contributed by atoms with van der Waals surface area (Å²) in [5.41, 5.74) is 4.40. The molecule has 6 rings (SSSR count). The van der Waals surface area contributed by atoms with Gasteiger partial charge in [-0.1, -0.05) is 30.3 Å². The minimum absolute atomic E-state index is 0.0229. The van der Waals surface area contributed by atoms with Gasteiger partial charge in [-0.25, -0.2) is 14.8 Å². The van der Waals surface area contributed by atoms with Gasteiger partial charge in [-0.15, -0.1) is 0 Å². The smallest absolute Gasteiger partial charge is 0.343 e. The first-order valence-corrected chi connectivity index (χ1v) is 13.0. The topological polar surface area (TPSA) is 96.0 Å². The zero-order valence-corrected chi connectivity index (χ0v) is 22.2. The van der Waals surface area contributed by atoms with Crippen LogP contribution in [0.3, 0.4) is 0 Å². The molecule has 0 bridgehead atoms. The largest absolute Gasteiger partial charge is 0.462 e. The molecule has 0 radical (unpaired) electrons. The predicted octanol–water partition coefficient (Wildman–Crippen LogP) is 4.10. The third-order valence-electron chi connectivity index (χ3n) is 7.14. The van der Waals surface area contributed by atoms with Crippen LogP contribution in [0, 0.1) is 0 Å². The summed E-state index contributed by atoms with van der Waals surface area (Å²) < 4.78 is 20.5. The van der Waals surface area contributed by atoms with Crippen molar-refractivity contribution in [2.75, 3.05) is 38.9 Å². The van der Waals surface area contributed by atoms with Crippen molar-refractivity contribution in [2.45, 2.75) is 25.6 Å². The lowest BCUT2D eigenvalue weighted by Gasteiger charge is -2.22. The molecule has 2 aromatic heterocycles. The first-order valence-electron chi connectivity index (χ1n) is 13.0. The molecule has 1 saturated heterocycles. The van der Waals surface area contributed by atoms with Crippen LogP contribution in [0.5, 0.6) is 0 Å². The molecule has 0 N–H and O–H groups in total. The molecule has 39 heavy (non-hydrogen) atoms. The van der Waals surface area contributed by atoms with Crippen LogP contribution in [0.15, 0.2) is 67.1 Å². The summed E-state index contributed by atoms with van der Waals surface area (Å²) in [6.45, 7) is 3.80. The molecular formula is C29H30N6O4. The molecule has 0 aliphatic carbocycles. The summed E-state index contributed by atoms with van der Waals surface area (Å²) in [6, 6.07) is 16.2. The molecule has 2 atom stereocenters. The van der Waals surface area contributed by atoms with Crippen LogP contribution in [0.2, 0.25) is 0 Å². The van der Waals surface area contributed by atoms with Crippen LogP contribution in [0.1, 0.15) is 28.9 Å². The summed E-state index contributed by atoms with van der Waals surface area (Å²) in [7, 11) is 3.70. The normalized spacial score (nSPS) is 17.2. The Morgan fingerprint density at radius 3 is 2.77 bits per heavy atom. The highest BCUT2D eigenvalue weighted by Gasteiger charge is 2.32. The van der Waals surface area contributed by atoms with Crippen molar-refractivity contribution in [1.82, 2.24) is 24.1 Å². The minimum Gasteiger partial charge on any atom is -0.462 e. The molecule has 0 amide bonds. The van der Waals surface area contributed by atoms with Crippen molar-refractivity contribution in [1.29, 1.82) is 0 Å². The average Bonchev–Trinajstić information content (AvgIpc) is 3.71. The van der Waals surface area contributed by atoms with Crippen molar-refractivity contribution in [3.05, 3.63) is 78.2 Å². The third-order valence-corrected chi connectivity index (χ3v) is 7.14. The second-order valence-electron chi connectivity index (χ2n) is 9.56. The van der Waals surface area contributed by atoms with Gasteiger partial charge in [-0.05, 0) is 24.6 Å². The molecule has 0 spiro atoms. The minimum atomic E-state index is -0.455. The zero-order valence-electron chi connectivity index (χ0n) is 22.2. The molecule has 200 valence electrons. The molecular weight excluding hydrogens is 496 g/mol. The Balaban J connectivity index is 1.46. The number of benzene rings is 1. The summed E-state index contributed by atoms with van der Waals surface area (Å²) in [5.74, 6) is 1.16. The number of fused-ring (bicyclic) bond motifs is 2. The van der Waals surface area contributed by atoms with E-state index >= 15 is 0 Å². The number of pyridine rings is 1. The molecule has 3 aromatic rings. The van der Waals surface area contributed by atoms with Gasteiger partial charge < -0.3 is 23.7 Å². The number of carbonyl (C=O) groups excluding carboxylic acids is 1. The Bertz CT molecular complexity index is 1580. The molecule has 10 heteroatoms. The lowest BCUT2D eigenvalue weighted by atomic mass is 10.1. The first-order chi connectivity index (χ1) is 19.1. The Morgan fingerprint density at radius 2 is 1.97 bits per heavy atom. The number of carbonyl (C=O) groups is 1. The number of methoxy groups -OCH3 is 1. The van der Waals surface area contributed by atoms with E-state index in [4.69, 9.17) is 24.2 Å². The monoisotopic (exact) mass is 526 g/mol. The molecule has 0 unspecified atom stereocenters. The van der Waals surface area contributed by atoms with Crippen molar-refractivity contribution in [2.24, 2.45) is 0 Å². The number of esters is 1. The summed E-state index contributed by atoms with van der Waals surface area (Å²) >= 11 is 0. The van der Waals surface area contributed by atoms with Crippen LogP contribution in [0.4, 0.5) is 5.82 Å². The second-order valence-corrected chi connectivity index (χ2v) is 9.56. The number of hydrogen-bond acceptors (Lipinski definition) is 8. The summed E-state index contributed by atoms with van der Waals surface area (Å²) in [5, 5.41) is 4.52. The molecule has 1 aromatic carbocycles. The van der Waals surface area contributed by atoms with E-state index in [1.807, 2.05) is 55.8 Å². The molecule has 3 aliphatic heterocycles. The number of anilines is 1. The van der Waals surface area contributed by atoms with E-state index in [9.17, 15) is 4.79 Å². The summed E-state index contributed by atoms with van der Waals surface area (Å²) in [4.78, 5) is 24.6. The third kappa shape index (κ3) is 4.51. The number of aromatic nitrogens is 5. The molecule has 5 heterocycles. The molecule has 10 nitrogen and oxygen atoms in total. The highest BCUT2D eigenvalue weighted by atomic mass is 16.5. The van der Waals surface area contributed by atoms with Crippen LogP contribution in [-0.2, 0) is 20.8 Å². The van der Waals surface area contributed by atoms with Gasteiger partial charge >= 0.3 is 5.97 Å². The van der Waals surface area contributed by atoms with Crippen LogP contribution in [-0.4, -0.2) is 70.2 Å². The Morgan fingerprint density at radius 1 is 1.13 bits per heavy atom. The van der Waals surface area contributed by atoms with E-state index < -0.39 is 5.97 Å². The Hall–Kier alpha value is -4.28. The SMILES string of the molecule is CCOC(=O)c1cnn2c(N(C)Cc3ccccc3)cc(-c3cnc4n([C@H]5COC[C@@H]5OC)cccc3-4)nc12. The quantitative estimate of drug-likeness (QED) is 0.279. The molecule has 1 fully saturated rings. The van der Waals surface area contributed by atoms with Crippen molar-refractivity contribution < 1.29 is 19.0 Å². The maximum atomic E-state index is 12.8. The van der Waals surface area contributed by atoms with E-state index in [0.717, 1.165) is 28.3 Å². The van der Waals surface area contributed by atoms with Crippen LogP contribution < -0.4 is 4.90 Å². The summed E-state index contributed by atoms with van der Waals surface area (Å²) in [6.07, 6.45) is 5.31. The molecule has 3 aliphatic rings. The fraction of sp³-hybridized carbons (Fsp3) is 0.310. The van der Waals surface area contributed by atoms with Crippen molar-refractivity contribution in [3.8, 4) is 22.6 Å². The van der Waals surface area contributed by atoms with Gasteiger partial charge in [0.25, 0.3) is 0 Å². The Labute approximate surface area is 226 Å². The number of hydrogen-bond donors (Lipinski definition) is 0. The van der Waals surface area contributed by atoms with Gasteiger partial charge in [-0.3, -0.25) is 0 Å². The zero-order chi connectivity index (χ0) is 26.9. The second kappa shape index (κ2) is 10.5. The predicted molar refractivity (Wildman–Crippen MR) is 146 cm³/mol. The van der Waals surface area contributed by atoms with Crippen LogP contribution >= 0.6 is 0 Å². The van der Waals surface area contributed by atoms with E-state index in [0.29, 0.717) is 36.7 Å². The fourth-order valence-corrected chi connectivity index (χ4v) is 5.19. The van der Waals surface area contributed by atoms with E-state index in [2.05, 4.69) is 26.7 Å². The van der Waals surface area contributed by atoms with Crippen molar-refractivity contribution in [3.63, 3.8) is 0 Å². The highest BCUT2D eigenvalue weighted by molar-refractivity contribution is 5.96. The van der Waals surface area contributed by atoms with E-state index in [1.54, 1.807) is 18.5 Å². The van der Waals surface area contributed by atoms with Crippen LogP contribution in [0.25, 0.3) is 28.3 Å². The molecule has 0 saturated carbocycles. The van der Waals surface area contributed by atoms with Gasteiger partial charge in [0, 0.05) is 50.3 Å². The van der Waals surface area contributed by atoms with Gasteiger partial charge in [0.2, 0.25) is 0 Å². The van der Waals surface area contributed by atoms with Gasteiger partial charge in [0.05, 0.1) is 37.8 Å². The first kappa shape index (κ1) is 25.0. The van der Waals surface area contributed by atoms with Gasteiger partial charge in [0.15, 0.2) is 5.65 Å². The van der Waals surface area contributed by atoms with E-state index in [-0.39, 0.29) is 18.8 Å². The highest BCUT2D eigenvalue weighted by Crippen LogP contribution is 2.37. The number of ether oxygens (including phenoxy) is 3. The van der Waals surface area contributed by atoms with E-state index in [1.165, 1.54) is 6.20 Å². The van der Waals surface area contributed by atoms with Gasteiger partial charge in [-0.2, -0.15) is 9.61 Å². The average molecular weight is 527 g/mol. The number of nitrogens with zero attached hydrogens (tertiary/aromatic N) is 6. The standard InChI is InChI=1S/C29H30N6O4/c1-4-39-29(36)22-15-31-35-26(33(2)16-19-9-6-5-7-10-19)13-23(32-28(22)35)21-14-30-27-20(21)11-8-12-34(27)24-17-38-18-25(24)37-3/h5-15,24-25H,4,16-18H2,1-3H3/t24-,25-/m0/s1. The lowest BCUT2D eigenvalue weighted by molar-refractivity contribution is 0.0528.